The van der Waals surface area contributed by atoms with Gasteiger partial charge in [-0.05, 0) is 122 Å². The smallest absolute Gasteiger partial charge is 0.311 e. The van der Waals surface area contributed by atoms with E-state index in [2.05, 4.69) is 6.07 Å². The average molecular weight is 909 g/mol. The number of nitriles is 1. The molecule has 1 aromatic rings. The van der Waals surface area contributed by atoms with E-state index >= 15 is 0 Å². The highest BCUT2D eigenvalue weighted by Gasteiger charge is 2.61. The number of nitrogens with zero attached hydrogens (tertiary/aromatic N) is 2. The van der Waals surface area contributed by atoms with Gasteiger partial charge >= 0.3 is 29.8 Å². The molecule has 2 fully saturated rings. The van der Waals surface area contributed by atoms with Gasteiger partial charge in [0.15, 0.2) is 30.7 Å². The Morgan fingerprint density at radius 1 is 0.615 bits per heavy atom. The molecule has 0 unspecified atom stereocenters. The minimum absolute atomic E-state index is 0.171. The fourth-order valence-corrected chi connectivity index (χ4v) is 7.34. The summed E-state index contributed by atoms with van der Waals surface area (Å²) < 4.78 is 49.3. The van der Waals surface area contributed by atoms with Gasteiger partial charge < -0.3 is 37.9 Å². The van der Waals surface area contributed by atoms with E-state index in [1.54, 1.807) is 122 Å². The lowest BCUT2D eigenvalue weighted by Crippen LogP contribution is -2.64. The third-order valence-electron chi connectivity index (χ3n) is 11.2. The predicted octanol–water partition coefficient (Wildman–Crippen LogP) is 5.87. The van der Waals surface area contributed by atoms with Crippen LogP contribution in [-0.4, -0.2) is 109 Å². The Hall–Kier alpha value is -5.18. The topological polar surface area (TPSA) is 220 Å². The summed E-state index contributed by atoms with van der Waals surface area (Å²) in [6.07, 6.45) is -9.36. The molecule has 5 rings (SSSR count). The standard InChI is InChI=1S/C48H64N2O15/c1-44(2,3)39(53)58-22-24-20-27(50-35(51)25-18-16-17-19-26(25)36(50)52)31-28(21-49)60-37(30(24)31)65-38-34(64-43(57)48(13,14)15)33(63-42(56)47(10,11)12)32(62-41(55)46(7,8)9)29(61-38)23-59-40(54)45(4,5)6/h16-20,27-34,37-38H,22-23H2,1-15H3/t27-,28-,29+,30+,31+,32+,33-,34+,37-,38-/m0/s1. The molecule has 0 N–H and O–H groups in total. The number of carbonyl (C=O) groups is 7. The Labute approximate surface area is 380 Å². The summed E-state index contributed by atoms with van der Waals surface area (Å²) in [5, 5.41) is 10.6. The average Bonchev–Trinajstić information content (AvgIpc) is 3.81. The number of rotatable bonds is 10. The molecule has 17 nitrogen and oxygen atoms in total. The molecule has 4 aliphatic rings. The van der Waals surface area contributed by atoms with Crippen molar-refractivity contribution in [2.45, 2.75) is 153 Å². The second-order valence-corrected chi connectivity index (χ2v) is 22.1. The summed E-state index contributed by atoms with van der Waals surface area (Å²) in [6, 6.07) is 7.36. The lowest BCUT2D eigenvalue weighted by Gasteiger charge is -2.46. The minimum Gasteiger partial charge on any atom is -0.462 e. The summed E-state index contributed by atoms with van der Waals surface area (Å²) in [4.78, 5) is 96.8. The maximum Gasteiger partial charge on any atom is 0.311 e. The van der Waals surface area contributed by atoms with Crippen molar-refractivity contribution in [3.05, 3.63) is 47.0 Å². The molecule has 2 amide bonds. The van der Waals surface area contributed by atoms with Crippen LogP contribution in [0.3, 0.4) is 0 Å². The largest absolute Gasteiger partial charge is 0.462 e. The predicted molar refractivity (Wildman–Crippen MR) is 229 cm³/mol. The van der Waals surface area contributed by atoms with Crippen LogP contribution in [0, 0.1) is 50.2 Å². The van der Waals surface area contributed by atoms with Crippen LogP contribution >= 0.6 is 0 Å². The highest BCUT2D eigenvalue weighted by molar-refractivity contribution is 6.21. The normalized spacial score (nSPS) is 28.1. The maximum atomic E-state index is 13.9. The van der Waals surface area contributed by atoms with E-state index in [0.717, 1.165) is 4.90 Å². The number of imide groups is 1. The SMILES string of the molecule is CC(C)(C)C(=O)OCC1=C[C@H](N2C(=O)c3ccccc3C2=O)[C@H]2[C@@H]1[C@H](O[C@@H]1O[C@H](COC(=O)C(C)(C)C)[C@@H](OC(=O)C(C)(C)C)[C@H](OC(=O)C(C)(C)C)[C@H]1OC(=O)C(C)(C)C)O[C@H]2C#N. The van der Waals surface area contributed by atoms with E-state index in [4.69, 9.17) is 37.9 Å². The first-order chi connectivity index (χ1) is 29.8. The quantitative estimate of drug-likeness (QED) is 0.116. The summed E-state index contributed by atoms with van der Waals surface area (Å²) in [6.45, 7) is 23.4. The molecule has 356 valence electrons. The molecule has 2 saturated heterocycles. The Bertz CT molecular complexity index is 2100. The highest BCUT2D eigenvalue weighted by Crippen LogP contribution is 2.49. The first-order valence-electron chi connectivity index (χ1n) is 21.8. The van der Waals surface area contributed by atoms with Crippen LogP contribution in [0.1, 0.15) is 125 Å². The molecular weight excluding hydrogens is 845 g/mol. The van der Waals surface area contributed by atoms with Crippen molar-refractivity contribution in [3.63, 3.8) is 0 Å². The molecule has 0 radical (unpaired) electrons. The van der Waals surface area contributed by atoms with Crippen LogP contribution in [0.15, 0.2) is 35.9 Å². The van der Waals surface area contributed by atoms with Crippen molar-refractivity contribution >= 4 is 41.7 Å². The minimum atomic E-state index is -1.76. The van der Waals surface area contributed by atoms with Crippen molar-refractivity contribution < 1.29 is 71.5 Å². The van der Waals surface area contributed by atoms with Gasteiger partial charge in [0.05, 0.1) is 50.3 Å². The molecule has 3 heterocycles. The molecule has 0 saturated carbocycles. The van der Waals surface area contributed by atoms with Gasteiger partial charge in [-0.25, -0.2) is 0 Å². The van der Waals surface area contributed by atoms with Crippen molar-refractivity contribution in [2.24, 2.45) is 38.9 Å². The van der Waals surface area contributed by atoms with Gasteiger partial charge in [0.2, 0.25) is 6.29 Å². The lowest BCUT2D eigenvalue weighted by atomic mass is 9.86. The summed E-state index contributed by atoms with van der Waals surface area (Å²) in [5.41, 5.74) is -4.62. The number of fused-ring (bicyclic) bond motifs is 2. The van der Waals surface area contributed by atoms with Crippen molar-refractivity contribution in [1.29, 1.82) is 5.26 Å². The first-order valence-corrected chi connectivity index (χ1v) is 21.8. The lowest BCUT2D eigenvalue weighted by molar-refractivity contribution is -0.342. The van der Waals surface area contributed by atoms with Crippen LogP contribution in [0.4, 0.5) is 0 Å². The van der Waals surface area contributed by atoms with Crippen LogP contribution in [0.2, 0.25) is 0 Å². The van der Waals surface area contributed by atoms with Crippen LogP contribution in [0.25, 0.3) is 0 Å². The second-order valence-electron chi connectivity index (χ2n) is 22.1. The Morgan fingerprint density at radius 3 is 1.52 bits per heavy atom. The van der Waals surface area contributed by atoms with Gasteiger partial charge in [-0.15, -0.1) is 0 Å². The van der Waals surface area contributed by atoms with Crippen LogP contribution < -0.4 is 0 Å². The monoisotopic (exact) mass is 908 g/mol. The number of esters is 5. The number of ether oxygens (including phenoxy) is 8. The summed E-state index contributed by atoms with van der Waals surface area (Å²) in [7, 11) is 0. The third kappa shape index (κ3) is 10.9. The van der Waals surface area contributed by atoms with Gasteiger partial charge in [0.25, 0.3) is 11.8 Å². The van der Waals surface area contributed by atoms with E-state index in [1.165, 1.54) is 12.1 Å². The molecule has 1 aliphatic carbocycles. The Morgan fingerprint density at radius 2 is 1.06 bits per heavy atom. The second kappa shape index (κ2) is 18.2. The molecule has 0 bridgehead atoms. The van der Waals surface area contributed by atoms with Crippen molar-refractivity contribution in [1.82, 2.24) is 4.90 Å². The van der Waals surface area contributed by atoms with Crippen LogP contribution in [0.5, 0.6) is 0 Å². The van der Waals surface area contributed by atoms with E-state index in [0.29, 0.717) is 5.57 Å². The summed E-state index contributed by atoms with van der Waals surface area (Å²) in [5.74, 6) is -6.73. The Kier molecular flexibility index (Phi) is 14.3. The zero-order valence-electron chi connectivity index (χ0n) is 40.1. The van der Waals surface area contributed by atoms with Crippen molar-refractivity contribution in [2.75, 3.05) is 13.2 Å². The summed E-state index contributed by atoms with van der Waals surface area (Å²) >= 11 is 0. The first kappa shape index (κ1) is 50.8. The number of benzene rings is 1. The van der Waals surface area contributed by atoms with E-state index in [9.17, 15) is 38.8 Å². The van der Waals surface area contributed by atoms with E-state index in [1.807, 2.05) is 0 Å². The molecule has 0 aromatic heterocycles. The van der Waals surface area contributed by atoms with Gasteiger partial charge in [-0.2, -0.15) is 5.26 Å². The fourth-order valence-electron chi connectivity index (χ4n) is 7.34. The molecule has 17 heteroatoms. The maximum absolute atomic E-state index is 13.9. The number of amides is 2. The third-order valence-corrected chi connectivity index (χ3v) is 11.2. The van der Waals surface area contributed by atoms with Crippen molar-refractivity contribution in [3.8, 4) is 6.07 Å². The molecule has 0 spiro atoms. The zero-order chi connectivity index (χ0) is 48.9. The van der Waals surface area contributed by atoms with E-state index < -0.39 is 136 Å². The van der Waals surface area contributed by atoms with E-state index in [-0.39, 0.29) is 17.7 Å². The molecule has 3 aliphatic heterocycles. The van der Waals surface area contributed by atoms with Gasteiger partial charge in [-0.3, -0.25) is 38.5 Å². The molecule has 1 aromatic carbocycles. The number of carbonyl (C=O) groups excluding carboxylic acids is 7. The number of hydrogen-bond donors (Lipinski definition) is 0. The zero-order valence-corrected chi connectivity index (χ0v) is 40.1. The van der Waals surface area contributed by atoms with Gasteiger partial charge in [-0.1, -0.05) is 18.2 Å². The number of hydrogen-bond acceptors (Lipinski definition) is 16. The molecule has 10 atom stereocenters. The molecule has 65 heavy (non-hydrogen) atoms. The highest BCUT2D eigenvalue weighted by atomic mass is 16.8. The molecular formula is C48H64N2O15. The Balaban J connectivity index is 1.64. The van der Waals surface area contributed by atoms with Gasteiger partial charge in [0.1, 0.15) is 19.3 Å². The van der Waals surface area contributed by atoms with Gasteiger partial charge in [0, 0.05) is 11.8 Å². The fraction of sp³-hybridized carbons (Fsp3) is 0.667. The van der Waals surface area contributed by atoms with Crippen LogP contribution in [-0.2, 0) is 61.9 Å².